The summed E-state index contributed by atoms with van der Waals surface area (Å²) in [6, 6.07) is 0. The van der Waals surface area contributed by atoms with Gasteiger partial charge in [-0.05, 0) is 84.9 Å². The van der Waals surface area contributed by atoms with Crippen LogP contribution in [0.2, 0.25) is 0 Å². The molecular formula is C40H50O10. The van der Waals surface area contributed by atoms with Gasteiger partial charge in [-0.3, -0.25) is 0 Å². The molecule has 10 unspecified atom stereocenters. The van der Waals surface area contributed by atoms with Crippen LogP contribution in [0.4, 0.5) is 0 Å². The standard InChI is InChI=1S/C40H50O10/c1-33(2)13-7-15-35(5)21(33)11-17-37-25-23(39(45,29(35)37)31(43)49-37)19(27(41)47-25)9-10-20-24-26(48-28(20)42)38-18-12-22-34(3,4)14-8-16-36(22,6)30(38)40(24,46)32(44)50-38/h9-10,21-26,29-30,45-46H,7-8,11-18H2,1-6H3/b19-9-,20-10+/t21?,22?,23-,24-,25+,26+,29?,30?,35?,36?,37?,38?,39?,40?/m0/s1. The van der Waals surface area contributed by atoms with Gasteiger partial charge in [0.1, 0.15) is 0 Å². The van der Waals surface area contributed by atoms with E-state index in [2.05, 4.69) is 41.5 Å². The third-order valence-corrected chi connectivity index (χ3v) is 17.2. The summed E-state index contributed by atoms with van der Waals surface area (Å²) in [5, 5.41) is 25.3. The summed E-state index contributed by atoms with van der Waals surface area (Å²) in [7, 11) is 0. The third-order valence-electron chi connectivity index (χ3n) is 17.2. The van der Waals surface area contributed by atoms with Gasteiger partial charge in [-0.25, -0.2) is 19.2 Å². The molecule has 50 heavy (non-hydrogen) atoms. The Morgan fingerprint density at radius 2 is 0.960 bits per heavy atom. The highest BCUT2D eigenvalue weighted by Crippen LogP contribution is 2.76. The Morgan fingerprint density at radius 3 is 1.34 bits per heavy atom. The van der Waals surface area contributed by atoms with E-state index < -0.39 is 93.0 Å². The summed E-state index contributed by atoms with van der Waals surface area (Å²) in [5.74, 6) is -5.27. The maximum absolute atomic E-state index is 13.8. The molecule has 4 saturated heterocycles. The van der Waals surface area contributed by atoms with Crippen molar-refractivity contribution in [2.45, 2.75) is 140 Å². The van der Waals surface area contributed by atoms with Crippen LogP contribution in [0.25, 0.3) is 0 Å². The van der Waals surface area contributed by atoms with Crippen molar-refractivity contribution in [3.63, 3.8) is 0 Å². The summed E-state index contributed by atoms with van der Waals surface area (Å²) >= 11 is 0. The molecule has 0 amide bonds. The fourth-order valence-corrected chi connectivity index (χ4v) is 16.0. The van der Waals surface area contributed by atoms with Crippen molar-refractivity contribution in [2.24, 2.45) is 57.2 Å². The predicted molar refractivity (Wildman–Crippen MR) is 174 cm³/mol. The maximum atomic E-state index is 13.8. The van der Waals surface area contributed by atoms with Crippen molar-refractivity contribution in [1.82, 2.24) is 0 Å². The average molecular weight is 691 g/mol. The summed E-state index contributed by atoms with van der Waals surface area (Å²) in [6.45, 7) is 13.4. The van der Waals surface area contributed by atoms with Crippen LogP contribution in [0.5, 0.6) is 0 Å². The molecule has 10 fully saturated rings. The van der Waals surface area contributed by atoms with Crippen LogP contribution in [0.3, 0.4) is 0 Å². The molecule has 6 aliphatic carbocycles. The van der Waals surface area contributed by atoms with Gasteiger partial charge in [0.15, 0.2) is 34.6 Å². The van der Waals surface area contributed by atoms with E-state index in [0.29, 0.717) is 12.8 Å². The van der Waals surface area contributed by atoms with Crippen LogP contribution in [0.15, 0.2) is 23.3 Å². The number of hydrogen-bond donors (Lipinski definition) is 2. The zero-order chi connectivity index (χ0) is 35.4. The molecule has 14 atom stereocenters. The fourth-order valence-electron chi connectivity index (χ4n) is 16.0. The molecule has 0 aromatic heterocycles. The van der Waals surface area contributed by atoms with Gasteiger partial charge in [0.25, 0.3) is 0 Å². The number of aliphatic hydroxyl groups is 2. The van der Waals surface area contributed by atoms with Crippen LogP contribution in [0, 0.1) is 57.2 Å². The Bertz CT molecular complexity index is 1630. The number of ether oxygens (including phenoxy) is 4. The van der Waals surface area contributed by atoms with E-state index in [9.17, 15) is 29.4 Å². The van der Waals surface area contributed by atoms with Gasteiger partial charge < -0.3 is 29.2 Å². The molecule has 6 saturated carbocycles. The quantitative estimate of drug-likeness (QED) is 0.229. The number of hydrogen-bond acceptors (Lipinski definition) is 10. The normalized spacial score (nSPS) is 57.3. The molecule has 0 spiro atoms. The Morgan fingerprint density at radius 1 is 0.580 bits per heavy atom. The van der Waals surface area contributed by atoms with Gasteiger partial charge in [0, 0.05) is 23.0 Å². The van der Waals surface area contributed by atoms with E-state index >= 15 is 0 Å². The zero-order valence-electron chi connectivity index (χ0n) is 30.0. The molecule has 2 N–H and O–H groups in total. The van der Waals surface area contributed by atoms with E-state index in [4.69, 9.17) is 18.9 Å². The molecular weight excluding hydrogens is 640 g/mol. The smallest absolute Gasteiger partial charge is 0.340 e. The number of carbonyl (C=O) groups excluding carboxylic acids is 4. The van der Waals surface area contributed by atoms with Crippen LogP contribution in [0.1, 0.15) is 106 Å². The largest absolute Gasteiger partial charge is 0.454 e. The predicted octanol–water partition coefficient (Wildman–Crippen LogP) is 4.49. The first-order valence-corrected chi connectivity index (χ1v) is 19.1. The number of esters is 4. The SMILES string of the molecule is CC1(C)CCCC2(C)C1CCC13OC(=O)C(O)(C21)[C@H]1/C(=C/C=C2/C(=O)O[C@@H]4[C@H]2C2(O)C(=O)OC45CCC4C(C)(C)CCCC4(C)C52)C(=O)O[C@H]13. The molecule has 0 radical (unpaired) electrons. The van der Waals surface area contributed by atoms with Crippen molar-refractivity contribution in [2.75, 3.05) is 0 Å². The lowest BCUT2D eigenvalue weighted by atomic mass is 9.45. The molecule has 10 aliphatic rings. The molecule has 4 bridgehead atoms. The average Bonchev–Trinajstić information content (AvgIpc) is 3.76. The van der Waals surface area contributed by atoms with E-state index in [1.807, 2.05) is 0 Å². The Kier molecular flexibility index (Phi) is 5.69. The third kappa shape index (κ3) is 3.14. The van der Waals surface area contributed by atoms with Crippen molar-refractivity contribution in [1.29, 1.82) is 0 Å². The number of carbonyl (C=O) groups is 4. The molecule has 270 valence electrons. The number of allylic oxidation sites excluding steroid dienone is 2. The highest BCUT2D eigenvalue weighted by molar-refractivity contribution is 6.00. The number of fused-ring (bicyclic) bond motifs is 6. The lowest BCUT2D eigenvalue weighted by molar-refractivity contribution is -0.200. The van der Waals surface area contributed by atoms with E-state index in [0.717, 1.165) is 51.4 Å². The second kappa shape index (κ2) is 8.90. The summed E-state index contributed by atoms with van der Waals surface area (Å²) in [6.07, 6.45) is 9.63. The van der Waals surface area contributed by atoms with Crippen molar-refractivity contribution >= 4 is 23.9 Å². The second-order valence-corrected chi connectivity index (χ2v) is 19.9. The van der Waals surface area contributed by atoms with Crippen LogP contribution in [-0.4, -0.2) is 68.7 Å². The second-order valence-electron chi connectivity index (χ2n) is 19.9. The highest BCUT2D eigenvalue weighted by atomic mass is 16.6. The van der Waals surface area contributed by atoms with Gasteiger partial charge in [-0.1, -0.05) is 66.5 Å². The van der Waals surface area contributed by atoms with Gasteiger partial charge in [0.2, 0.25) is 0 Å². The minimum absolute atomic E-state index is 0.0213. The van der Waals surface area contributed by atoms with Crippen molar-refractivity contribution in [3.05, 3.63) is 23.3 Å². The molecule has 4 heterocycles. The first-order chi connectivity index (χ1) is 23.3. The lowest BCUT2D eigenvalue weighted by Gasteiger charge is -2.60. The zero-order valence-corrected chi connectivity index (χ0v) is 30.0. The van der Waals surface area contributed by atoms with Gasteiger partial charge in [0.05, 0.1) is 11.8 Å². The van der Waals surface area contributed by atoms with Gasteiger partial charge in [-0.15, -0.1) is 0 Å². The first-order valence-electron chi connectivity index (χ1n) is 19.1. The molecule has 10 rings (SSSR count). The molecule has 0 aromatic carbocycles. The van der Waals surface area contributed by atoms with E-state index in [1.165, 1.54) is 12.2 Å². The fraction of sp³-hybridized carbons (Fsp3) is 0.800. The summed E-state index contributed by atoms with van der Waals surface area (Å²) in [5.41, 5.74) is -6.75. The van der Waals surface area contributed by atoms with Gasteiger partial charge >= 0.3 is 23.9 Å². The first kappa shape index (κ1) is 32.0. The van der Waals surface area contributed by atoms with Crippen LogP contribution in [-0.2, 0) is 38.1 Å². The summed E-state index contributed by atoms with van der Waals surface area (Å²) in [4.78, 5) is 55.0. The molecule has 0 aromatic rings. The Balaban J connectivity index is 1.06. The topological polar surface area (TPSA) is 146 Å². The molecule has 10 nitrogen and oxygen atoms in total. The highest BCUT2D eigenvalue weighted by Gasteiger charge is 2.89. The Labute approximate surface area is 292 Å². The molecule has 4 aliphatic heterocycles. The molecule has 10 heteroatoms. The monoisotopic (exact) mass is 690 g/mol. The number of rotatable bonds is 1. The van der Waals surface area contributed by atoms with Gasteiger partial charge in [-0.2, -0.15) is 0 Å². The van der Waals surface area contributed by atoms with Crippen LogP contribution < -0.4 is 0 Å². The lowest BCUT2D eigenvalue weighted by Crippen LogP contribution is -2.61. The minimum Gasteiger partial charge on any atom is -0.454 e. The summed E-state index contributed by atoms with van der Waals surface area (Å²) < 4.78 is 24.3. The van der Waals surface area contributed by atoms with Crippen LogP contribution >= 0.6 is 0 Å². The Hall–Kier alpha value is -2.72. The van der Waals surface area contributed by atoms with Crippen molar-refractivity contribution < 1.29 is 48.3 Å². The minimum atomic E-state index is -1.97. The van der Waals surface area contributed by atoms with E-state index in [1.54, 1.807) is 0 Å². The maximum Gasteiger partial charge on any atom is 0.340 e. The van der Waals surface area contributed by atoms with E-state index in [-0.39, 0.29) is 33.8 Å². The van der Waals surface area contributed by atoms with Crippen molar-refractivity contribution in [3.8, 4) is 0 Å².